The number of benzene rings is 2. The van der Waals surface area contributed by atoms with Crippen LogP contribution in [0.3, 0.4) is 0 Å². The van der Waals surface area contributed by atoms with Crippen molar-refractivity contribution in [3.05, 3.63) is 134 Å². The molecule has 0 radical (unpaired) electrons. The second kappa shape index (κ2) is 14.4. The summed E-state index contributed by atoms with van der Waals surface area (Å²) in [4.78, 5) is 17.1. The maximum Gasteiger partial charge on any atom is 0.0931 e. The zero-order valence-electron chi connectivity index (χ0n) is 31.2. The summed E-state index contributed by atoms with van der Waals surface area (Å²) in [5, 5.41) is 0. The molecule has 0 aliphatic heterocycles. The van der Waals surface area contributed by atoms with Gasteiger partial charge in [0.2, 0.25) is 0 Å². The number of allylic oxidation sites excluding steroid dienone is 2. The number of aryl methyl sites for hydroxylation is 2. The van der Waals surface area contributed by atoms with Gasteiger partial charge >= 0.3 is 0 Å². The molecule has 0 spiro atoms. The molecule has 2 aromatic carbocycles. The monoisotopic (exact) mass is 681 g/mol. The van der Waals surface area contributed by atoms with Crippen LogP contribution in [0.15, 0.2) is 66.7 Å². The van der Waals surface area contributed by atoms with Crippen LogP contribution in [-0.4, -0.2) is 15.0 Å². The van der Waals surface area contributed by atoms with Gasteiger partial charge in [-0.2, -0.15) is 0 Å². The van der Waals surface area contributed by atoms with Crippen LogP contribution < -0.4 is 0 Å². The Morgan fingerprint density at radius 2 is 0.885 bits per heavy atom. The van der Waals surface area contributed by atoms with Crippen molar-refractivity contribution in [1.29, 1.82) is 0 Å². The maximum atomic E-state index is 5.73. The van der Waals surface area contributed by atoms with Gasteiger partial charge in [0.25, 0.3) is 0 Å². The molecule has 3 heteroatoms. The summed E-state index contributed by atoms with van der Waals surface area (Å²) in [5.41, 5.74) is 24.2. The van der Waals surface area contributed by atoms with Crippen molar-refractivity contribution >= 4 is 23.3 Å². The minimum Gasteiger partial charge on any atom is -0.246 e. The molecule has 0 amide bonds. The van der Waals surface area contributed by atoms with Gasteiger partial charge in [-0.25, -0.2) is 15.0 Å². The molecule has 3 nitrogen and oxygen atoms in total. The predicted octanol–water partition coefficient (Wildman–Crippen LogP) is 11.8. The minimum absolute atomic E-state index is 1.05. The number of aromatic nitrogens is 3. The first-order chi connectivity index (χ1) is 25.7. The van der Waals surface area contributed by atoms with E-state index in [1.807, 2.05) is 0 Å². The molecule has 0 saturated carbocycles. The van der Waals surface area contributed by atoms with E-state index in [4.69, 9.17) is 15.0 Å². The van der Waals surface area contributed by atoms with Crippen molar-refractivity contribution in [3.63, 3.8) is 0 Å². The van der Waals surface area contributed by atoms with E-state index in [1.54, 1.807) is 11.1 Å². The highest BCUT2D eigenvalue weighted by molar-refractivity contribution is 5.87. The lowest BCUT2D eigenvalue weighted by Crippen LogP contribution is -2.20. The largest absolute Gasteiger partial charge is 0.246 e. The summed E-state index contributed by atoms with van der Waals surface area (Å²) in [5.74, 6) is 0. The van der Waals surface area contributed by atoms with E-state index in [1.165, 1.54) is 106 Å². The first-order valence-corrected chi connectivity index (χ1v) is 20.3. The van der Waals surface area contributed by atoms with Crippen molar-refractivity contribution in [2.24, 2.45) is 0 Å². The SMILES string of the molecule is CCCCc1c2c(nc3c1CCc1cc4c(nc1-3)-c1nc3c(c(CCCC)c1CC4)CCC/C3=C\c1ccccc1)/C(=C\c1ccccc1)CCC2. The van der Waals surface area contributed by atoms with Crippen molar-refractivity contribution in [1.82, 2.24) is 15.0 Å². The maximum absolute atomic E-state index is 5.73. The summed E-state index contributed by atoms with van der Waals surface area (Å²) in [6.07, 6.45) is 22.9. The van der Waals surface area contributed by atoms with Crippen molar-refractivity contribution in [3.8, 4) is 22.8 Å². The number of rotatable bonds is 8. The van der Waals surface area contributed by atoms with Crippen LogP contribution in [0.25, 0.3) is 46.1 Å². The van der Waals surface area contributed by atoms with Crippen LogP contribution in [0, 0.1) is 0 Å². The Bertz CT molecular complexity index is 2050. The molecule has 0 unspecified atom stereocenters. The number of nitrogens with zero attached hydrogens (tertiary/aromatic N) is 3. The summed E-state index contributed by atoms with van der Waals surface area (Å²) < 4.78 is 0. The van der Waals surface area contributed by atoms with Crippen LogP contribution >= 0.6 is 0 Å². The lowest BCUT2D eigenvalue weighted by Gasteiger charge is -2.31. The fraction of sp³-hybridized carbons (Fsp3) is 0.367. The molecule has 0 saturated heterocycles. The van der Waals surface area contributed by atoms with Crippen molar-refractivity contribution in [2.45, 2.75) is 117 Å². The van der Waals surface area contributed by atoms with Crippen LogP contribution in [-0.2, 0) is 51.4 Å². The van der Waals surface area contributed by atoms with Gasteiger partial charge in [0.1, 0.15) is 0 Å². The molecule has 3 aromatic heterocycles. The molecule has 0 N–H and O–H groups in total. The molecule has 3 heterocycles. The molecular weight excluding hydrogens is 631 g/mol. The van der Waals surface area contributed by atoms with E-state index in [9.17, 15) is 0 Å². The average Bonchev–Trinajstić information content (AvgIpc) is 3.18. The molecule has 262 valence electrons. The number of hydrogen-bond donors (Lipinski definition) is 0. The van der Waals surface area contributed by atoms with Gasteiger partial charge in [0.05, 0.1) is 34.2 Å². The molecule has 52 heavy (non-hydrogen) atoms. The summed E-state index contributed by atoms with van der Waals surface area (Å²) in [6.45, 7) is 4.64. The van der Waals surface area contributed by atoms with Gasteiger partial charge < -0.3 is 0 Å². The van der Waals surface area contributed by atoms with E-state index in [0.717, 1.165) is 87.0 Å². The quantitative estimate of drug-likeness (QED) is 0.164. The predicted molar refractivity (Wildman–Crippen MR) is 217 cm³/mol. The van der Waals surface area contributed by atoms with Crippen LogP contribution in [0.1, 0.15) is 132 Å². The molecule has 9 rings (SSSR count). The Morgan fingerprint density at radius 3 is 1.33 bits per heavy atom. The average molecular weight is 682 g/mol. The zero-order chi connectivity index (χ0) is 35.0. The Kier molecular flexibility index (Phi) is 9.21. The summed E-state index contributed by atoms with van der Waals surface area (Å²) in [6, 6.07) is 24.2. The van der Waals surface area contributed by atoms with E-state index < -0.39 is 0 Å². The smallest absolute Gasteiger partial charge is 0.0931 e. The molecule has 0 atom stereocenters. The number of unbranched alkanes of at least 4 members (excludes halogenated alkanes) is 2. The molecule has 4 aliphatic rings. The van der Waals surface area contributed by atoms with Gasteiger partial charge in [0, 0.05) is 0 Å². The normalized spacial score (nSPS) is 17.2. The zero-order valence-corrected chi connectivity index (χ0v) is 31.2. The molecular formula is C49H51N3. The van der Waals surface area contributed by atoms with E-state index in [2.05, 4.69) is 92.7 Å². The first kappa shape index (κ1) is 33.2. The Hall–Kier alpha value is -4.63. The van der Waals surface area contributed by atoms with E-state index in [-0.39, 0.29) is 0 Å². The van der Waals surface area contributed by atoms with Crippen molar-refractivity contribution in [2.75, 3.05) is 0 Å². The number of fused-ring (bicyclic) bond motifs is 8. The van der Waals surface area contributed by atoms with Gasteiger partial charge in [-0.15, -0.1) is 0 Å². The van der Waals surface area contributed by atoms with E-state index in [0.29, 0.717) is 0 Å². The lowest BCUT2D eigenvalue weighted by atomic mass is 9.78. The minimum atomic E-state index is 1.05. The highest BCUT2D eigenvalue weighted by Gasteiger charge is 2.33. The summed E-state index contributed by atoms with van der Waals surface area (Å²) >= 11 is 0. The van der Waals surface area contributed by atoms with Gasteiger partial charge in [-0.3, -0.25) is 0 Å². The fourth-order valence-corrected chi connectivity index (χ4v) is 9.58. The third kappa shape index (κ3) is 6.06. The molecule has 5 aromatic rings. The van der Waals surface area contributed by atoms with Gasteiger partial charge in [-0.1, -0.05) is 93.4 Å². The second-order valence-electron chi connectivity index (χ2n) is 15.6. The topological polar surface area (TPSA) is 38.7 Å². The Labute approximate surface area is 310 Å². The summed E-state index contributed by atoms with van der Waals surface area (Å²) in [7, 11) is 0. The van der Waals surface area contributed by atoms with Gasteiger partial charge in [0.15, 0.2) is 0 Å². The second-order valence-corrected chi connectivity index (χ2v) is 15.6. The Morgan fingerprint density at radius 1 is 0.462 bits per heavy atom. The Balaban J connectivity index is 1.23. The standard InChI is InChI=1S/C49H51N3/c1-3-5-21-38-40-23-13-19-34(29-32-15-9-7-10-16-32)44(40)50-48-42(38)27-25-36-31-37-26-28-43-39(22-6-4-2)41-24-14-20-35(30-33-17-11-8-12-18-33)45(41)51-49(43)47(37)52-46(36)48/h7-12,15-18,29-31H,3-6,13-14,19-28H2,1-2H3/b34-29-,35-30+. The van der Waals surface area contributed by atoms with Crippen molar-refractivity contribution < 1.29 is 0 Å². The highest BCUT2D eigenvalue weighted by Crippen LogP contribution is 2.45. The molecule has 4 aliphatic carbocycles. The van der Waals surface area contributed by atoms with E-state index >= 15 is 0 Å². The van der Waals surface area contributed by atoms with Crippen LogP contribution in [0.2, 0.25) is 0 Å². The lowest BCUT2D eigenvalue weighted by molar-refractivity contribution is 0.734. The number of hydrogen-bond acceptors (Lipinski definition) is 3. The molecule has 0 bridgehead atoms. The molecule has 0 fully saturated rings. The van der Waals surface area contributed by atoms with Gasteiger partial charge in [-0.05, 0) is 169 Å². The highest BCUT2D eigenvalue weighted by atomic mass is 14.9. The third-order valence-electron chi connectivity index (χ3n) is 12.2. The third-order valence-corrected chi connectivity index (χ3v) is 12.2. The van der Waals surface area contributed by atoms with Crippen LogP contribution in [0.5, 0.6) is 0 Å². The number of pyridine rings is 3. The first-order valence-electron chi connectivity index (χ1n) is 20.3. The van der Waals surface area contributed by atoms with Crippen LogP contribution in [0.4, 0.5) is 0 Å². The fourth-order valence-electron chi connectivity index (χ4n) is 9.58.